The molecule has 2 heterocycles. The van der Waals surface area contributed by atoms with Gasteiger partial charge in [0.25, 0.3) is 5.91 Å². The number of amides is 1. The number of alkyl halides is 3. The summed E-state index contributed by atoms with van der Waals surface area (Å²) in [5, 5.41) is 6.91. The number of nitrogens with zero attached hydrogens (tertiary/aromatic N) is 5. The van der Waals surface area contributed by atoms with Crippen LogP contribution < -0.4 is 0 Å². The molecule has 164 valence electrons. The minimum atomic E-state index is -4.93. The fourth-order valence-electron chi connectivity index (χ4n) is 3.30. The second kappa shape index (κ2) is 7.95. The lowest BCUT2D eigenvalue weighted by Gasteiger charge is -2.35. The summed E-state index contributed by atoms with van der Waals surface area (Å²) in [7, 11) is -2.00. The summed E-state index contributed by atoms with van der Waals surface area (Å²) >= 11 is 0. The monoisotopic (exact) mass is 449 g/mol. The van der Waals surface area contributed by atoms with Gasteiger partial charge in [-0.15, -0.1) is 5.10 Å². The highest BCUT2D eigenvalue weighted by atomic mass is 32.2. The molecule has 1 amide bonds. The van der Waals surface area contributed by atoms with E-state index < -0.39 is 39.3 Å². The zero-order valence-corrected chi connectivity index (χ0v) is 16.9. The normalized spacial score (nSPS) is 16.3. The van der Waals surface area contributed by atoms with E-state index in [2.05, 4.69) is 10.3 Å². The van der Waals surface area contributed by atoms with Crippen LogP contribution in [0, 0.1) is 5.82 Å². The molecule has 3 rings (SSSR count). The number of hydrogen-bond acceptors (Lipinski definition) is 5. The van der Waals surface area contributed by atoms with Crippen LogP contribution in [-0.2, 0) is 16.2 Å². The molecule has 1 aromatic carbocycles. The molecule has 1 saturated heterocycles. The van der Waals surface area contributed by atoms with Crippen LogP contribution in [0.2, 0.25) is 0 Å². The molecule has 0 spiro atoms. The van der Waals surface area contributed by atoms with Crippen molar-refractivity contribution in [1.82, 2.24) is 24.2 Å². The Bertz CT molecular complexity index is 1030. The van der Waals surface area contributed by atoms with Gasteiger partial charge in [-0.2, -0.15) is 13.2 Å². The van der Waals surface area contributed by atoms with Gasteiger partial charge >= 0.3 is 6.18 Å². The average molecular weight is 449 g/mol. The summed E-state index contributed by atoms with van der Waals surface area (Å²) < 4.78 is 79.2. The third-order valence-electron chi connectivity index (χ3n) is 5.00. The molecule has 0 aliphatic carbocycles. The second-order valence-corrected chi connectivity index (χ2v) is 9.02. The highest BCUT2D eigenvalue weighted by Gasteiger charge is 2.43. The molecule has 0 radical (unpaired) electrons. The molecule has 8 nitrogen and oxygen atoms in total. The summed E-state index contributed by atoms with van der Waals surface area (Å²) in [5.41, 5.74) is -2.31. The van der Waals surface area contributed by atoms with Gasteiger partial charge in [-0.1, -0.05) is 5.21 Å². The predicted octanol–water partition coefficient (Wildman–Crippen LogP) is 1.92. The molecule has 1 fully saturated rings. The first-order valence-electron chi connectivity index (χ1n) is 8.90. The quantitative estimate of drug-likeness (QED) is 0.666. The standard InChI is InChI=1S/C17H19F4N5O3S/c1-24(30(2,28)29)12-7-9-25(10-8-12)16(27)14-15(17(19,20)21)26(23-22-14)13-5-3-11(18)4-6-13/h3-6,12H,7-10H2,1-2H3. The number of sulfonamides is 1. The van der Waals surface area contributed by atoms with Gasteiger partial charge in [-0.25, -0.2) is 21.8 Å². The molecule has 30 heavy (non-hydrogen) atoms. The smallest absolute Gasteiger partial charge is 0.337 e. The lowest BCUT2D eigenvalue weighted by Crippen LogP contribution is -2.47. The minimum Gasteiger partial charge on any atom is -0.337 e. The highest BCUT2D eigenvalue weighted by molar-refractivity contribution is 7.88. The van der Waals surface area contributed by atoms with E-state index in [9.17, 15) is 30.8 Å². The first kappa shape index (κ1) is 22.2. The van der Waals surface area contributed by atoms with E-state index in [4.69, 9.17) is 0 Å². The molecule has 1 aromatic heterocycles. The van der Waals surface area contributed by atoms with Crippen LogP contribution >= 0.6 is 0 Å². The van der Waals surface area contributed by atoms with Crippen LogP contribution in [-0.4, -0.2) is 71.0 Å². The van der Waals surface area contributed by atoms with Crippen LogP contribution in [0.3, 0.4) is 0 Å². The first-order valence-corrected chi connectivity index (χ1v) is 10.8. The van der Waals surface area contributed by atoms with E-state index in [-0.39, 0.29) is 37.7 Å². The Balaban J connectivity index is 1.86. The molecule has 0 N–H and O–H groups in total. The zero-order chi connectivity index (χ0) is 22.3. The number of carbonyl (C=O) groups excluding carboxylic acids is 1. The van der Waals surface area contributed by atoms with E-state index in [1.807, 2.05) is 0 Å². The van der Waals surface area contributed by atoms with Crippen molar-refractivity contribution in [2.45, 2.75) is 25.1 Å². The molecule has 13 heteroatoms. The average Bonchev–Trinajstić information content (AvgIpc) is 3.12. The molecule has 0 atom stereocenters. The molecular weight excluding hydrogens is 430 g/mol. The van der Waals surface area contributed by atoms with E-state index >= 15 is 0 Å². The molecule has 0 unspecified atom stereocenters. The van der Waals surface area contributed by atoms with Crippen LogP contribution in [0.4, 0.5) is 17.6 Å². The Morgan fingerprint density at radius 3 is 2.23 bits per heavy atom. The van der Waals surface area contributed by atoms with Crippen molar-refractivity contribution in [3.8, 4) is 5.69 Å². The second-order valence-electron chi connectivity index (χ2n) is 6.98. The Morgan fingerprint density at radius 2 is 1.73 bits per heavy atom. The molecule has 0 bridgehead atoms. The van der Waals surface area contributed by atoms with Gasteiger partial charge < -0.3 is 4.90 Å². The van der Waals surface area contributed by atoms with E-state index in [1.165, 1.54) is 16.3 Å². The Labute approximate surface area is 170 Å². The third kappa shape index (κ3) is 4.46. The molecule has 0 saturated carbocycles. The van der Waals surface area contributed by atoms with Crippen molar-refractivity contribution < 1.29 is 30.8 Å². The van der Waals surface area contributed by atoms with Gasteiger partial charge in [0.15, 0.2) is 11.4 Å². The SMILES string of the molecule is CN(C1CCN(C(=O)c2nnn(-c3ccc(F)cc3)c2C(F)(F)F)CC1)S(C)(=O)=O. The highest BCUT2D eigenvalue weighted by Crippen LogP contribution is 2.33. The molecule has 1 aliphatic rings. The van der Waals surface area contributed by atoms with E-state index in [1.54, 1.807) is 0 Å². The van der Waals surface area contributed by atoms with E-state index in [0.717, 1.165) is 30.5 Å². The zero-order valence-electron chi connectivity index (χ0n) is 16.1. The van der Waals surface area contributed by atoms with E-state index in [0.29, 0.717) is 4.68 Å². The summed E-state index contributed by atoms with van der Waals surface area (Å²) in [6, 6.07) is 3.80. The fourth-order valence-corrected chi connectivity index (χ4v) is 4.05. The number of benzene rings is 1. The van der Waals surface area contributed by atoms with Crippen molar-refractivity contribution in [3.63, 3.8) is 0 Å². The van der Waals surface area contributed by atoms with Crippen molar-refractivity contribution in [2.24, 2.45) is 0 Å². The number of piperidine rings is 1. The summed E-state index contributed by atoms with van der Waals surface area (Å²) in [4.78, 5) is 14.0. The van der Waals surface area contributed by atoms with Gasteiger partial charge in [0.05, 0.1) is 11.9 Å². The maximum absolute atomic E-state index is 13.7. The lowest BCUT2D eigenvalue weighted by atomic mass is 10.0. The van der Waals surface area contributed by atoms with Crippen molar-refractivity contribution in [1.29, 1.82) is 0 Å². The first-order chi connectivity index (χ1) is 13.9. The van der Waals surface area contributed by atoms with Crippen molar-refractivity contribution >= 4 is 15.9 Å². The summed E-state index contributed by atoms with van der Waals surface area (Å²) in [6.07, 6.45) is -3.31. The van der Waals surface area contributed by atoms with Crippen LogP contribution in [0.25, 0.3) is 5.69 Å². The molecular formula is C17H19F4N5O3S. The number of carbonyl (C=O) groups is 1. The summed E-state index contributed by atoms with van der Waals surface area (Å²) in [6.45, 7) is 0.147. The summed E-state index contributed by atoms with van der Waals surface area (Å²) in [5.74, 6) is -1.58. The third-order valence-corrected chi connectivity index (χ3v) is 6.35. The Hall–Kier alpha value is -2.54. The van der Waals surface area contributed by atoms with Gasteiger partial charge in [0, 0.05) is 26.2 Å². The lowest BCUT2D eigenvalue weighted by molar-refractivity contribution is -0.143. The molecule has 1 aliphatic heterocycles. The van der Waals surface area contributed by atoms with Crippen LogP contribution in [0.5, 0.6) is 0 Å². The maximum atomic E-state index is 13.7. The Kier molecular flexibility index (Phi) is 5.87. The van der Waals surface area contributed by atoms with Gasteiger partial charge in [0.1, 0.15) is 5.82 Å². The number of aromatic nitrogens is 3. The van der Waals surface area contributed by atoms with Crippen molar-refractivity contribution in [3.05, 3.63) is 41.5 Å². The van der Waals surface area contributed by atoms with Gasteiger partial charge in [0.2, 0.25) is 10.0 Å². The van der Waals surface area contributed by atoms with Crippen molar-refractivity contribution in [2.75, 3.05) is 26.4 Å². The van der Waals surface area contributed by atoms with Crippen LogP contribution in [0.15, 0.2) is 24.3 Å². The fraction of sp³-hybridized carbons (Fsp3) is 0.471. The number of hydrogen-bond donors (Lipinski definition) is 0. The molecule has 2 aromatic rings. The minimum absolute atomic E-state index is 0.0735. The van der Waals surface area contributed by atoms with Crippen LogP contribution in [0.1, 0.15) is 29.0 Å². The largest absolute Gasteiger partial charge is 0.435 e. The number of rotatable bonds is 4. The maximum Gasteiger partial charge on any atom is 0.435 e. The van der Waals surface area contributed by atoms with Gasteiger partial charge in [-0.3, -0.25) is 4.79 Å². The topological polar surface area (TPSA) is 88.4 Å². The Morgan fingerprint density at radius 1 is 1.17 bits per heavy atom. The van der Waals surface area contributed by atoms with Gasteiger partial charge in [-0.05, 0) is 37.1 Å². The number of halogens is 4. The number of likely N-dealkylation sites (tertiary alicyclic amines) is 1. The predicted molar refractivity (Wildman–Crippen MR) is 97.9 cm³/mol.